The molecule has 2 heterocycles. The van der Waals surface area contributed by atoms with Crippen molar-refractivity contribution in [2.24, 2.45) is 0 Å². The number of imidazole rings is 1. The zero-order valence-corrected chi connectivity index (χ0v) is 6.06. The average Bonchev–Trinajstić information content (AvgIpc) is 2.75. The fourth-order valence-electron chi connectivity index (χ4n) is 0.803. The molecule has 0 bridgehead atoms. The molecule has 2 aromatic rings. The normalized spacial score (nSPS) is 10.4. The van der Waals surface area contributed by atoms with Crippen LogP contribution in [0, 0.1) is 0 Å². The smallest absolute Gasteiger partial charge is 0.252 e. The topological polar surface area (TPSA) is 87.8 Å². The quantitative estimate of drug-likeness (QED) is 0.653. The van der Waals surface area contributed by atoms with Crippen LogP contribution in [-0.4, -0.2) is 25.2 Å². The first-order chi connectivity index (χ1) is 5.90. The molecular formula is C6H6N4O2. The van der Waals surface area contributed by atoms with Crippen molar-refractivity contribution in [2.75, 3.05) is 0 Å². The Kier molecular flexibility index (Phi) is 1.60. The molecule has 0 aliphatic carbocycles. The highest BCUT2D eigenvalue weighted by Crippen LogP contribution is 2.08. The number of aliphatic hydroxyl groups is 1. The van der Waals surface area contributed by atoms with Crippen LogP contribution in [0.1, 0.15) is 5.89 Å². The van der Waals surface area contributed by atoms with Crippen molar-refractivity contribution >= 4 is 0 Å². The van der Waals surface area contributed by atoms with E-state index in [4.69, 9.17) is 5.11 Å². The second kappa shape index (κ2) is 2.74. The van der Waals surface area contributed by atoms with E-state index in [1.807, 2.05) is 0 Å². The lowest BCUT2D eigenvalue weighted by molar-refractivity contribution is 0.222. The Morgan fingerprint density at radius 3 is 3.08 bits per heavy atom. The standard InChI is InChI=1S/C6H6N4O2/c11-3-4-9-6(10-12-4)5-7-1-2-8-5/h1-2,11H,3H2,(H,7,8). The van der Waals surface area contributed by atoms with Gasteiger partial charge in [0.15, 0.2) is 5.82 Å². The monoisotopic (exact) mass is 166 g/mol. The molecule has 2 rings (SSSR count). The molecule has 0 fully saturated rings. The van der Waals surface area contributed by atoms with E-state index in [1.165, 1.54) is 0 Å². The van der Waals surface area contributed by atoms with Crippen LogP contribution in [0.5, 0.6) is 0 Å². The summed E-state index contributed by atoms with van der Waals surface area (Å²) < 4.78 is 4.67. The first-order valence-corrected chi connectivity index (χ1v) is 3.33. The number of nitrogens with zero attached hydrogens (tertiary/aromatic N) is 3. The zero-order chi connectivity index (χ0) is 8.39. The van der Waals surface area contributed by atoms with Crippen molar-refractivity contribution in [3.8, 4) is 11.6 Å². The zero-order valence-electron chi connectivity index (χ0n) is 6.06. The van der Waals surface area contributed by atoms with E-state index in [9.17, 15) is 0 Å². The highest BCUT2D eigenvalue weighted by Gasteiger charge is 2.08. The summed E-state index contributed by atoms with van der Waals surface area (Å²) in [5, 5.41) is 12.2. The van der Waals surface area contributed by atoms with Crippen molar-refractivity contribution in [3.05, 3.63) is 18.3 Å². The van der Waals surface area contributed by atoms with E-state index in [0.29, 0.717) is 11.6 Å². The summed E-state index contributed by atoms with van der Waals surface area (Å²) in [7, 11) is 0. The molecule has 0 saturated carbocycles. The van der Waals surface area contributed by atoms with Crippen LogP contribution in [0.3, 0.4) is 0 Å². The van der Waals surface area contributed by atoms with Gasteiger partial charge in [-0.15, -0.1) is 0 Å². The maximum absolute atomic E-state index is 8.62. The fraction of sp³-hybridized carbons (Fsp3) is 0.167. The predicted octanol–water partition coefficient (Wildman–Crippen LogP) is -0.0480. The molecule has 12 heavy (non-hydrogen) atoms. The third-order valence-corrected chi connectivity index (χ3v) is 1.31. The van der Waals surface area contributed by atoms with Crippen molar-refractivity contribution < 1.29 is 9.63 Å². The van der Waals surface area contributed by atoms with Crippen LogP contribution in [-0.2, 0) is 6.61 Å². The molecule has 0 aliphatic rings. The summed E-state index contributed by atoms with van der Waals surface area (Å²) in [4.78, 5) is 10.6. The fourth-order valence-corrected chi connectivity index (χ4v) is 0.803. The average molecular weight is 166 g/mol. The van der Waals surface area contributed by atoms with Crippen molar-refractivity contribution in [2.45, 2.75) is 6.61 Å². The van der Waals surface area contributed by atoms with Gasteiger partial charge in [0, 0.05) is 12.4 Å². The highest BCUT2D eigenvalue weighted by atomic mass is 16.5. The van der Waals surface area contributed by atoms with Crippen molar-refractivity contribution in [1.82, 2.24) is 20.1 Å². The SMILES string of the molecule is OCc1nc(-c2ncc[nH]2)no1. The van der Waals surface area contributed by atoms with Crippen LogP contribution in [0.2, 0.25) is 0 Å². The third kappa shape index (κ3) is 1.08. The molecule has 0 unspecified atom stereocenters. The number of aromatic nitrogens is 4. The molecule has 0 aliphatic heterocycles. The van der Waals surface area contributed by atoms with Crippen LogP contribution >= 0.6 is 0 Å². The first kappa shape index (κ1) is 6.99. The van der Waals surface area contributed by atoms with Gasteiger partial charge in [-0.25, -0.2) is 4.98 Å². The van der Waals surface area contributed by atoms with Gasteiger partial charge in [-0.3, -0.25) is 0 Å². The minimum absolute atomic E-state index is 0.182. The Morgan fingerprint density at radius 2 is 2.50 bits per heavy atom. The van der Waals surface area contributed by atoms with Crippen molar-refractivity contribution in [3.63, 3.8) is 0 Å². The molecule has 2 N–H and O–H groups in total. The Hall–Kier alpha value is -1.69. The molecular weight excluding hydrogens is 160 g/mol. The summed E-state index contributed by atoms with van der Waals surface area (Å²) in [5.74, 6) is 1.06. The van der Waals surface area contributed by atoms with E-state index in [2.05, 4.69) is 24.6 Å². The van der Waals surface area contributed by atoms with Gasteiger partial charge < -0.3 is 14.6 Å². The van der Waals surface area contributed by atoms with Crippen LogP contribution in [0.4, 0.5) is 0 Å². The highest BCUT2D eigenvalue weighted by molar-refractivity contribution is 5.40. The van der Waals surface area contributed by atoms with Gasteiger partial charge in [0.1, 0.15) is 6.61 Å². The first-order valence-electron chi connectivity index (χ1n) is 3.33. The number of hydrogen-bond donors (Lipinski definition) is 2. The molecule has 2 aromatic heterocycles. The van der Waals surface area contributed by atoms with Gasteiger partial charge in [0.2, 0.25) is 5.82 Å². The van der Waals surface area contributed by atoms with Gasteiger partial charge in [0.25, 0.3) is 5.89 Å². The molecule has 0 saturated heterocycles. The Balaban J connectivity index is 2.35. The van der Waals surface area contributed by atoms with E-state index in [-0.39, 0.29) is 12.5 Å². The Morgan fingerprint density at radius 1 is 1.58 bits per heavy atom. The summed E-state index contributed by atoms with van der Waals surface area (Å²) in [6.07, 6.45) is 3.24. The lowest BCUT2D eigenvalue weighted by Crippen LogP contribution is -1.84. The summed E-state index contributed by atoms with van der Waals surface area (Å²) >= 11 is 0. The second-order valence-corrected chi connectivity index (χ2v) is 2.11. The Labute approximate surface area is 67.3 Å². The predicted molar refractivity (Wildman–Crippen MR) is 37.8 cm³/mol. The largest absolute Gasteiger partial charge is 0.387 e. The molecule has 6 heteroatoms. The number of aromatic amines is 1. The van der Waals surface area contributed by atoms with Crippen LogP contribution in [0.15, 0.2) is 16.9 Å². The lowest BCUT2D eigenvalue weighted by Gasteiger charge is -1.81. The molecule has 0 amide bonds. The molecule has 62 valence electrons. The van der Waals surface area contributed by atoms with E-state index in [1.54, 1.807) is 12.4 Å². The van der Waals surface area contributed by atoms with Gasteiger partial charge in [-0.05, 0) is 0 Å². The van der Waals surface area contributed by atoms with Crippen LogP contribution in [0.25, 0.3) is 11.6 Å². The lowest BCUT2D eigenvalue weighted by atomic mass is 10.6. The van der Waals surface area contributed by atoms with Gasteiger partial charge in [-0.1, -0.05) is 5.16 Å². The number of H-pyrrole nitrogens is 1. The number of nitrogens with one attached hydrogen (secondary N) is 1. The summed E-state index contributed by atoms with van der Waals surface area (Å²) in [6, 6.07) is 0. The van der Waals surface area contributed by atoms with E-state index >= 15 is 0 Å². The Bertz CT molecular complexity index is 353. The van der Waals surface area contributed by atoms with Gasteiger partial charge >= 0.3 is 0 Å². The van der Waals surface area contributed by atoms with Crippen molar-refractivity contribution in [1.29, 1.82) is 0 Å². The number of rotatable bonds is 2. The van der Waals surface area contributed by atoms with E-state index < -0.39 is 0 Å². The minimum atomic E-state index is -0.256. The number of hydrogen-bond acceptors (Lipinski definition) is 5. The molecule has 0 aromatic carbocycles. The number of aliphatic hydroxyl groups excluding tert-OH is 1. The maximum Gasteiger partial charge on any atom is 0.252 e. The minimum Gasteiger partial charge on any atom is -0.387 e. The maximum atomic E-state index is 8.62. The third-order valence-electron chi connectivity index (χ3n) is 1.31. The van der Waals surface area contributed by atoms with Gasteiger partial charge in [0.05, 0.1) is 0 Å². The molecule has 6 nitrogen and oxygen atoms in total. The molecule has 0 spiro atoms. The summed E-state index contributed by atoms with van der Waals surface area (Å²) in [5.41, 5.74) is 0. The second-order valence-electron chi connectivity index (χ2n) is 2.11. The van der Waals surface area contributed by atoms with Crippen LogP contribution < -0.4 is 0 Å². The summed E-state index contributed by atoms with van der Waals surface area (Å²) in [6.45, 7) is -0.256. The van der Waals surface area contributed by atoms with Gasteiger partial charge in [-0.2, -0.15) is 4.98 Å². The molecule has 0 radical (unpaired) electrons. The van der Waals surface area contributed by atoms with E-state index in [0.717, 1.165) is 0 Å². The molecule has 0 atom stereocenters.